The van der Waals surface area contributed by atoms with Crippen LogP contribution in [0.2, 0.25) is 0 Å². The van der Waals surface area contributed by atoms with Crippen molar-refractivity contribution in [1.29, 1.82) is 0 Å². The van der Waals surface area contributed by atoms with Gasteiger partial charge in [-0.15, -0.1) is 0 Å². The summed E-state index contributed by atoms with van der Waals surface area (Å²) in [7, 11) is 0.780. The van der Waals surface area contributed by atoms with Crippen LogP contribution in [0, 0.1) is 0 Å². The zero-order valence-electron chi connectivity index (χ0n) is 13.1. The van der Waals surface area contributed by atoms with Gasteiger partial charge >= 0.3 is 0 Å². The zero-order chi connectivity index (χ0) is 16.2. The molecular weight excluding hydrogens is 366 g/mol. The summed E-state index contributed by atoms with van der Waals surface area (Å²) in [5.74, 6) is 0. The van der Waals surface area contributed by atoms with Gasteiger partial charge in [-0.2, -0.15) is 0 Å². The van der Waals surface area contributed by atoms with E-state index in [0.29, 0.717) is 6.54 Å². The smallest absolute Gasteiger partial charge is 0.221 e. The largest absolute Gasteiger partial charge is 0.378 e. The van der Waals surface area contributed by atoms with Gasteiger partial charge in [0.15, 0.2) is 0 Å². The molecule has 1 aliphatic heterocycles. The maximum atomic E-state index is 11.7. The number of nitrogens with zero attached hydrogens (tertiary/aromatic N) is 2. The van der Waals surface area contributed by atoms with Gasteiger partial charge in [0.1, 0.15) is 4.66 Å². The second-order valence-corrected chi connectivity index (χ2v) is 8.93. The first-order valence-corrected chi connectivity index (χ1v) is 10.2. The molecule has 1 fully saturated rings. The van der Waals surface area contributed by atoms with Crippen molar-refractivity contribution in [3.8, 4) is 0 Å². The van der Waals surface area contributed by atoms with Crippen molar-refractivity contribution in [2.45, 2.75) is 18.9 Å². The molecule has 1 saturated heterocycles. The number of alkyl halides is 1. The summed E-state index contributed by atoms with van der Waals surface area (Å²) in [5, 5.41) is 0. The Kier molecular flexibility index (Phi) is 6.26. The van der Waals surface area contributed by atoms with E-state index in [9.17, 15) is 8.42 Å². The number of hydrogen-bond donors (Lipinski definition) is 1. The topological polar surface area (TPSA) is 52.7 Å². The first-order valence-electron chi connectivity index (χ1n) is 7.47. The monoisotopic (exact) mass is 389 g/mol. The van der Waals surface area contributed by atoms with Gasteiger partial charge in [-0.05, 0) is 43.6 Å². The second kappa shape index (κ2) is 7.77. The lowest BCUT2D eigenvalue weighted by Gasteiger charge is -2.28. The van der Waals surface area contributed by atoms with Crippen molar-refractivity contribution in [3.05, 3.63) is 29.8 Å². The van der Waals surface area contributed by atoms with E-state index in [1.165, 1.54) is 12.8 Å². The summed E-state index contributed by atoms with van der Waals surface area (Å²) in [6.07, 6.45) is 2.36. The Hall–Kier alpha value is -0.630. The molecule has 1 N–H and O–H groups in total. The summed E-state index contributed by atoms with van der Waals surface area (Å²) in [5.41, 5.74) is 2.30. The molecule has 0 radical (unpaired) electrons. The van der Waals surface area contributed by atoms with Crippen molar-refractivity contribution in [2.24, 2.45) is 0 Å². The average Bonchev–Trinajstić information content (AvgIpc) is 3.02. The number of halogens is 1. The molecule has 7 heteroatoms. The maximum Gasteiger partial charge on any atom is 0.221 e. The lowest BCUT2D eigenvalue weighted by atomic mass is 10.1. The Morgan fingerprint density at radius 3 is 2.32 bits per heavy atom. The molecule has 0 aromatic heterocycles. The lowest BCUT2D eigenvalue weighted by molar-refractivity contribution is 0.246. The number of hydrogen-bond acceptors (Lipinski definition) is 4. The van der Waals surface area contributed by atoms with Crippen LogP contribution >= 0.6 is 15.9 Å². The van der Waals surface area contributed by atoms with Crippen molar-refractivity contribution in [2.75, 3.05) is 43.3 Å². The number of anilines is 1. The van der Waals surface area contributed by atoms with Crippen LogP contribution in [0.3, 0.4) is 0 Å². The summed E-state index contributed by atoms with van der Waals surface area (Å²) in [6.45, 7) is 2.46. The highest BCUT2D eigenvalue weighted by Crippen LogP contribution is 2.26. The second-order valence-electron chi connectivity index (χ2n) is 5.82. The normalized spacial score (nSPS) is 17.6. The van der Waals surface area contributed by atoms with Crippen molar-refractivity contribution in [3.63, 3.8) is 0 Å². The number of nitrogens with one attached hydrogen (secondary N) is 1. The van der Waals surface area contributed by atoms with Crippen molar-refractivity contribution >= 4 is 31.6 Å². The molecule has 1 unspecified atom stereocenters. The van der Waals surface area contributed by atoms with E-state index in [4.69, 9.17) is 0 Å². The molecule has 1 aromatic rings. The van der Waals surface area contributed by atoms with Gasteiger partial charge in [0.25, 0.3) is 0 Å². The lowest BCUT2D eigenvalue weighted by Crippen LogP contribution is -2.37. The molecule has 1 aliphatic rings. The molecule has 0 spiro atoms. The zero-order valence-corrected chi connectivity index (χ0v) is 15.5. The molecule has 1 aromatic carbocycles. The molecule has 5 nitrogen and oxygen atoms in total. The van der Waals surface area contributed by atoms with Crippen molar-refractivity contribution in [1.82, 2.24) is 9.62 Å². The summed E-state index contributed by atoms with van der Waals surface area (Å²) in [6, 6.07) is 8.45. The van der Waals surface area contributed by atoms with Crippen LogP contribution < -0.4 is 9.62 Å². The number of rotatable bonds is 7. The fraction of sp³-hybridized carbons (Fsp3) is 0.600. The molecule has 22 heavy (non-hydrogen) atoms. The minimum absolute atomic E-state index is 0.0632. The summed E-state index contributed by atoms with van der Waals surface area (Å²) >= 11 is 3.02. The minimum Gasteiger partial charge on any atom is -0.378 e. The standard InChI is InChI=1S/C15H24BrN3O2S/c1-18(2)14-7-5-13(6-8-14)15(19-9-3-4-10-19)11-17-22(20,21)12-16/h5-8,15,17H,3-4,9-12H2,1-2H3. The van der Waals surface area contributed by atoms with E-state index in [1.807, 2.05) is 14.1 Å². The highest BCUT2D eigenvalue weighted by atomic mass is 79.9. The molecule has 0 saturated carbocycles. The van der Waals surface area contributed by atoms with Crippen molar-refractivity contribution < 1.29 is 8.42 Å². The van der Waals surface area contributed by atoms with Crippen LogP contribution in [-0.4, -0.2) is 51.7 Å². The van der Waals surface area contributed by atoms with Crippen LogP contribution in [0.25, 0.3) is 0 Å². The Morgan fingerprint density at radius 2 is 1.82 bits per heavy atom. The molecule has 0 bridgehead atoms. The third-order valence-corrected chi connectivity index (χ3v) is 6.72. The molecule has 1 heterocycles. The van der Waals surface area contributed by atoms with Gasteiger partial charge in [-0.3, -0.25) is 4.90 Å². The van der Waals surface area contributed by atoms with Crippen LogP contribution in [0.5, 0.6) is 0 Å². The first-order chi connectivity index (χ1) is 10.4. The molecule has 0 aliphatic carbocycles. The highest BCUT2D eigenvalue weighted by Gasteiger charge is 2.24. The number of sulfonamides is 1. The molecule has 0 amide bonds. The van der Waals surface area contributed by atoms with Crippen LogP contribution in [0.1, 0.15) is 24.4 Å². The maximum absolute atomic E-state index is 11.7. The molecule has 1 atom stereocenters. The summed E-state index contributed by atoms with van der Waals surface area (Å²) < 4.78 is 26.1. The highest BCUT2D eigenvalue weighted by molar-refractivity contribution is 9.10. The average molecular weight is 390 g/mol. The van der Waals surface area contributed by atoms with Gasteiger partial charge in [0.05, 0.1) is 0 Å². The third-order valence-electron chi connectivity index (χ3n) is 4.02. The predicted octanol–water partition coefficient (Wildman–Crippen LogP) is 2.16. The van der Waals surface area contributed by atoms with Gasteiger partial charge in [0.2, 0.25) is 10.0 Å². The minimum atomic E-state index is -3.24. The Labute approximate surface area is 141 Å². The molecular formula is C15H24BrN3O2S. The van der Waals surface area contributed by atoms with Gasteiger partial charge < -0.3 is 4.90 Å². The number of likely N-dealkylation sites (tertiary alicyclic amines) is 1. The van der Waals surface area contributed by atoms with E-state index >= 15 is 0 Å². The van der Waals surface area contributed by atoms with Crippen LogP contribution in [-0.2, 0) is 10.0 Å². The summed E-state index contributed by atoms with van der Waals surface area (Å²) in [4.78, 5) is 4.42. The van der Waals surface area contributed by atoms with Gasteiger partial charge in [-0.1, -0.05) is 28.1 Å². The predicted molar refractivity (Wildman–Crippen MR) is 95.0 cm³/mol. The fourth-order valence-electron chi connectivity index (χ4n) is 2.75. The molecule has 124 valence electrons. The van der Waals surface area contributed by atoms with E-state index < -0.39 is 10.0 Å². The van der Waals surface area contributed by atoms with E-state index in [-0.39, 0.29) is 10.7 Å². The first kappa shape index (κ1) is 17.7. The van der Waals surface area contributed by atoms with Crippen LogP contribution in [0.4, 0.5) is 5.69 Å². The van der Waals surface area contributed by atoms with Crippen LogP contribution in [0.15, 0.2) is 24.3 Å². The van der Waals surface area contributed by atoms with Gasteiger partial charge in [-0.25, -0.2) is 13.1 Å². The fourth-order valence-corrected chi connectivity index (χ4v) is 3.72. The third kappa shape index (κ3) is 4.68. The molecule has 2 rings (SSSR count). The Balaban J connectivity index is 2.16. The Bertz CT molecular complexity index is 569. The van der Waals surface area contributed by atoms with E-state index in [1.54, 1.807) is 0 Å². The van der Waals surface area contributed by atoms with Gasteiger partial charge in [0, 0.05) is 32.4 Å². The quantitative estimate of drug-likeness (QED) is 0.725. The van der Waals surface area contributed by atoms with E-state index in [0.717, 1.165) is 24.3 Å². The number of benzene rings is 1. The van der Waals surface area contributed by atoms with E-state index in [2.05, 4.69) is 54.7 Å². The Morgan fingerprint density at radius 1 is 1.23 bits per heavy atom. The SMILES string of the molecule is CN(C)c1ccc(C(CNS(=O)(=O)CBr)N2CCCC2)cc1.